The summed E-state index contributed by atoms with van der Waals surface area (Å²) in [5.74, 6) is 0.666. The van der Waals surface area contributed by atoms with Gasteiger partial charge >= 0.3 is 0 Å². The van der Waals surface area contributed by atoms with Crippen molar-refractivity contribution in [2.75, 3.05) is 18.2 Å². The number of hydrogen-bond acceptors (Lipinski definition) is 3. The van der Waals surface area contributed by atoms with Crippen molar-refractivity contribution in [2.24, 2.45) is 11.8 Å². The molecule has 3 unspecified atom stereocenters. The van der Waals surface area contributed by atoms with Gasteiger partial charge in [0.05, 0.1) is 11.9 Å². The highest BCUT2D eigenvalue weighted by Gasteiger charge is 2.24. The molecule has 0 spiro atoms. The first-order valence-electron chi connectivity index (χ1n) is 5.64. The van der Waals surface area contributed by atoms with Crippen molar-refractivity contribution in [1.82, 2.24) is 4.72 Å². The molecule has 1 fully saturated rings. The predicted octanol–water partition coefficient (Wildman–Crippen LogP) is 0.942. The molecule has 16 heavy (non-hydrogen) atoms. The van der Waals surface area contributed by atoms with Crippen molar-refractivity contribution in [2.45, 2.75) is 32.3 Å². The molecular weight excluding hydrogens is 250 g/mol. The van der Waals surface area contributed by atoms with Crippen molar-refractivity contribution < 1.29 is 13.5 Å². The van der Waals surface area contributed by atoms with E-state index in [1.807, 2.05) is 6.92 Å². The van der Waals surface area contributed by atoms with Gasteiger partial charge in [-0.25, -0.2) is 13.1 Å². The molecular formula is C10H20ClNO3S. The fourth-order valence-corrected chi connectivity index (χ4v) is 3.67. The Hall–Kier alpha value is 0.160. The second-order valence-electron chi connectivity index (χ2n) is 4.72. The fraction of sp³-hybridized carbons (Fsp3) is 1.00. The average molecular weight is 270 g/mol. The maximum Gasteiger partial charge on any atom is 0.211 e. The topological polar surface area (TPSA) is 66.4 Å². The zero-order valence-corrected chi connectivity index (χ0v) is 11.1. The molecule has 1 aliphatic carbocycles. The van der Waals surface area contributed by atoms with Gasteiger partial charge in [-0.3, -0.25) is 0 Å². The van der Waals surface area contributed by atoms with E-state index in [0.717, 1.165) is 12.8 Å². The zero-order chi connectivity index (χ0) is 12.2. The Kier molecular flexibility index (Phi) is 5.50. The van der Waals surface area contributed by atoms with Crippen LogP contribution in [0.4, 0.5) is 0 Å². The van der Waals surface area contributed by atoms with Crippen LogP contribution < -0.4 is 4.72 Å². The first kappa shape index (κ1) is 14.2. The molecule has 0 saturated heterocycles. The van der Waals surface area contributed by atoms with E-state index in [1.54, 1.807) is 0 Å². The smallest absolute Gasteiger partial charge is 0.211 e. The van der Waals surface area contributed by atoms with Crippen LogP contribution in [0.5, 0.6) is 0 Å². The van der Waals surface area contributed by atoms with Gasteiger partial charge in [0.25, 0.3) is 0 Å². The molecule has 0 aromatic rings. The van der Waals surface area contributed by atoms with Gasteiger partial charge in [0.2, 0.25) is 10.0 Å². The average Bonchev–Trinajstić information content (AvgIpc) is 2.61. The minimum absolute atomic E-state index is 0.0339. The van der Waals surface area contributed by atoms with Crippen LogP contribution in [0.2, 0.25) is 0 Å². The van der Waals surface area contributed by atoms with E-state index in [0.29, 0.717) is 18.8 Å². The van der Waals surface area contributed by atoms with Crippen molar-refractivity contribution >= 4 is 21.6 Å². The van der Waals surface area contributed by atoms with Crippen LogP contribution in [-0.4, -0.2) is 37.8 Å². The Morgan fingerprint density at radius 1 is 1.50 bits per heavy atom. The zero-order valence-electron chi connectivity index (χ0n) is 9.52. The highest BCUT2D eigenvalue weighted by Crippen LogP contribution is 2.24. The van der Waals surface area contributed by atoms with E-state index >= 15 is 0 Å². The molecule has 0 radical (unpaired) electrons. The number of sulfonamides is 1. The van der Waals surface area contributed by atoms with E-state index in [2.05, 4.69) is 4.72 Å². The van der Waals surface area contributed by atoms with Crippen molar-refractivity contribution in [3.63, 3.8) is 0 Å². The SMILES string of the molecule is CC(CCl)CS(=O)(=O)NCC1CCC(O)C1. The van der Waals surface area contributed by atoms with E-state index < -0.39 is 10.0 Å². The summed E-state index contributed by atoms with van der Waals surface area (Å²) in [4.78, 5) is 0. The largest absolute Gasteiger partial charge is 0.393 e. The summed E-state index contributed by atoms with van der Waals surface area (Å²) in [6, 6.07) is 0. The minimum atomic E-state index is -3.21. The molecule has 0 aliphatic heterocycles. The third-order valence-corrected chi connectivity index (χ3v) is 5.01. The Labute approximate surface area is 102 Å². The molecule has 0 heterocycles. The number of alkyl halides is 1. The highest BCUT2D eigenvalue weighted by atomic mass is 35.5. The van der Waals surface area contributed by atoms with E-state index in [-0.39, 0.29) is 23.7 Å². The van der Waals surface area contributed by atoms with Crippen LogP contribution in [0.3, 0.4) is 0 Å². The number of nitrogens with one attached hydrogen (secondary N) is 1. The van der Waals surface area contributed by atoms with Gasteiger partial charge in [-0.2, -0.15) is 0 Å². The summed E-state index contributed by atoms with van der Waals surface area (Å²) in [6.07, 6.45) is 2.13. The van der Waals surface area contributed by atoms with Crippen LogP contribution in [0, 0.1) is 11.8 Å². The lowest BCUT2D eigenvalue weighted by molar-refractivity contribution is 0.178. The summed E-state index contributed by atoms with van der Waals surface area (Å²) in [6.45, 7) is 2.25. The molecule has 1 rings (SSSR count). The van der Waals surface area contributed by atoms with Crippen LogP contribution in [0.25, 0.3) is 0 Å². The normalized spacial score (nSPS) is 28.2. The van der Waals surface area contributed by atoms with Gasteiger partial charge in [0.1, 0.15) is 0 Å². The molecule has 1 saturated carbocycles. The summed E-state index contributed by atoms with van der Waals surface area (Å²) >= 11 is 5.58. The monoisotopic (exact) mass is 269 g/mol. The number of halogens is 1. The second kappa shape index (κ2) is 6.19. The third-order valence-electron chi connectivity index (χ3n) is 2.87. The first-order chi connectivity index (χ1) is 7.43. The standard InChI is InChI=1S/C10H20ClNO3S/c1-8(5-11)7-16(14,15)12-6-9-2-3-10(13)4-9/h8-10,12-13H,2-7H2,1H3. The van der Waals surface area contributed by atoms with E-state index in [9.17, 15) is 13.5 Å². The van der Waals surface area contributed by atoms with Gasteiger partial charge in [-0.15, -0.1) is 11.6 Å². The maximum atomic E-state index is 11.6. The van der Waals surface area contributed by atoms with E-state index in [4.69, 9.17) is 11.6 Å². The molecule has 0 aromatic heterocycles. The maximum absolute atomic E-state index is 11.6. The Balaban J connectivity index is 2.30. The molecule has 2 N–H and O–H groups in total. The van der Waals surface area contributed by atoms with Gasteiger partial charge in [0, 0.05) is 12.4 Å². The molecule has 1 aliphatic rings. The Morgan fingerprint density at radius 3 is 2.69 bits per heavy atom. The van der Waals surface area contributed by atoms with Crippen LogP contribution in [0.15, 0.2) is 0 Å². The molecule has 3 atom stereocenters. The summed E-state index contributed by atoms with van der Waals surface area (Å²) in [5.41, 5.74) is 0. The molecule has 0 bridgehead atoms. The fourth-order valence-electron chi connectivity index (χ4n) is 1.96. The van der Waals surface area contributed by atoms with Crippen molar-refractivity contribution in [3.8, 4) is 0 Å². The predicted molar refractivity (Wildman–Crippen MR) is 65.0 cm³/mol. The molecule has 0 aromatic carbocycles. The number of aliphatic hydroxyl groups is 1. The number of hydrogen-bond donors (Lipinski definition) is 2. The van der Waals surface area contributed by atoms with Crippen molar-refractivity contribution in [3.05, 3.63) is 0 Å². The number of aliphatic hydroxyl groups excluding tert-OH is 1. The lowest BCUT2D eigenvalue weighted by Crippen LogP contribution is -2.33. The lowest BCUT2D eigenvalue weighted by atomic mass is 10.1. The van der Waals surface area contributed by atoms with Gasteiger partial charge in [-0.05, 0) is 31.1 Å². The Bertz CT molecular complexity index is 307. The number of rotatable bonds is 6. The highest BCUT2D eigenvalue weighted by molar-refractivity contribution is 7.89. The van der Waals surface area contributed by atoms with Crippen LogP contribution >= 0.6 is 11.6 Å². The van der Waals surface area contributed by atoms with Crippen LogP contribution in [-0.2, 0) is 10.0 Å². The summed E-state index contributed by atoms with van der Waals surface area (Å²) < 4.78 is 25.8. The summed E-state index contributed by atoms with van der Waals surface area (Å²) in [5, 5.41) is 9.32. The molecule has 96 valence electrons. The minimum Gasteiger partial charge on any atom is -0.393 e. The van der Waals surface area contributed by atoms with Gasteiger partial charge < -0.3 is 5.11 Å². The summed E-state index contributed by atoms with van der Waals surface area (Å²) in [7, 11) is -3.21. The molecule has 0 amide bonds. The van der Waals surface area contributed by atoms with Crippen LogP contribution in [0.1, 0.15) is 26.2 Å². The Morgan fingerprint density at radius 2 is 2.19 bits per heavy atom. The van der Waals surface area contributed by atoms with Gasteiger partial charge in [-0.1, -0.05) is 6.92 Å². The van der Waals surface area contributed by atoms with Crippen molar-refractivity contribution in [1.29, 1.82) is 0 Å². The quantitative estimate of drug-likeness (QED) is 0.706. The molecule has 4 nitrogen and oxygen atoms in total. The molecule has 6 heteroatoms. The van der Waals surface area contributed by atoms with E-state index in [1.165, 1.54) is 0 Å². The third kappa shape index (κ3) is 4.99. The first-order valence-corrected chi connectivity index (χ1v) is 7.83. The van der Waals surface area contributed by atoms with Gasteiger partial charge in [0.15, 0.2) is 0 Å². The second-order valence-corrected chi connectivity index (χ2v) is 6.88. The lowest BCUT2D eigenvalue weighted by Gasteiger charge is -2.13.